The van der Waals surface area contributed by atoms with E-state index in [4.69, 9.17) is 5.73 Å². The van der Waals surface area contributed by atoms with E-state index in [1.165, 1.54) is 27.4 Å². The second kappa shape index (κ2) is 11.5. The molecule has 1 unspecified atom stereocenters. The van der Waals surface area contributed by atoms with Crippen LogP contribution in [0.4, 0.5) is 16.0 Å². The molecule has 1 amide bonds. The van der Waals surface area contributed by atoms with Gasteiger partial charge in [-0.2, -0.15) is 10.2 Å². The van der Waals surface area contributed by atoms with E-state index in [-0.39, 0.29) is 11.4 Å². The fourth-order valence-electron chi connectivity index (χ4n) is 4.79. The lowest BCUT2D eigenvalue weighted by Crippen LogP contribution is -2.32. The van der Waals surface area contributed by atoms with Gasteiger partial charge in [0.15, 0.2) is 5.82 Å². The molecule has 212 valence electrons. The van der Waals surface area contributed by atoms with E-state index >= 15 is 0 Å². The molecule has 42 heavy (non-hydrogen) atoms. The zero-order chi connectivity index (χ0) is 30.0. The molecule has 0 aliphatic heterocycles. The number of nitrogens with zero attached hydrogens (tertiary/aromatic N) is 5. The number of halogens is 1. The molecule has 0 bridgehead atoms. The predicted molar refractivity (Wildman–Crippen MR) is 161 cm³/mol. The summed E-state index contributed by atoms with van der Waals surface area (Å²) in [6.45, 7) is 5.82. The summed E-state index contributed by atoms with van der Waals surface area (Å²) in [5.41, 5.74) is 7.80. The highest BCUT2D eigenvalue weighted by Gasteiger charge is 2.25. The van der Waals surface area contributed by atoms with Crippen LogP contribution < -0.4 is 21.9 Å². The first kappa shape index (κ1) is 27.9. The largest absolute Gasteiger partial charge is 0.381 e. The van der Waals surface area contributed by atoms with E-state index in [9.17, 15) is 14.0 Å². The monoisotopic (exact) mass is 564 g/mol. The third-order valence-corrected chi connectivity index (χ3v) is 6.69. The van der Waals surface area contributed by atoms with E-state index in [1.54, 1.807) is 68.4 Å². The molecular formula is C31H29FN8O2. The Kier molecular flexibility index (Phi) is 7.62. The summed E-state index contributed by atoms with van der Waals surface area (Å²) in [6, 6.07) is 12.2. The van der Waals surface area contributed by atoms with Crippen LogP contribution in [0.25, 0.3) is 16.5 Å². The Balaban J connectivity index is 1.64. The van der Waals surface area contributed by atoms with Crippen LogP contribution in [0.1, 0.15) is 40.1 Å². The Bertz CT molecular complexity index is 1960. The first-order valence-electron chi connectivity index (χ1n) is 13.1. The SMILES string of the molecule is C=CCNc1c(C(=O)NC(C)c2cc3cccc(C#Cc4cnn(C)c4)c3c(=O)n2-c2cccc(F)c2)c(N)nn1C. The summed E-state index contributed by atoms with van der Waals surface area (Å²) in [7, 11) is 3.46. The Labute approximate surface area is 241 Å². The van der Waals surface area contributed by atoms with Crippen LogP contribution in [0.15, 0.2) is 78.4 Å². The van der Waals surface area contributed by atoms with Gasteiger partial charge in [-0.1, -0.05) is 36.1 Å². The quantitative estimate of drug-likeness (QED) is 0.205. The van der Waals surface area contributed by atoms with Crippen LogP contribution in [-0.4, -0.2) is 36.6 Å². The molecule has 3 heterocycles. The summed E-state index contributed by atoms with van der Waals surface area (Å²) in [6.07, 6.45) is 5.06. The van der Waals surface area contributed by atoms with Crippen LogP contribution in [0.5, 0.6) is 0 Å². The summed E-state index contributed by atoms with van der Waals surface area (Å²) in [5, 5.41) is 15.3. The Hall–Kier alpha value is -5.63. The fourth-order valence-corrected chi connectivity index (χ4v) is 4.79. The van der Waals surface area contributed by atoms with Crippen LogP contribution in [-0.2, 0) is 14.1 Å². The summed E-state index contributed by atoms with van der Waals surface area (Å²) in [4.78, 5) is 27.7. The van der Waals surface area contributed by atoms with Crippen molar-refractivity contribution in [3.05, 3.63) is 112 Å². The highest BCUT2D eigenvalue weighted by molar-refractivity contribution is 6.03. The lowest BCUT2D eigenvalue weighted by molar-refractivity contribution is 0.0940. The van der Waals surface area contributed by atoms with Crippen LogP contribution in [0, 0.1) is 17.7 Å². The number of fused-ring (bicyclic) bond motifs is 1. The Morgan fingerprint density at radius 3 is 2.69 bits per heavy atom. The maximum atomic E-state index is 14.4. The third kappa shape index (κ3) is 5.38. The highest BCUT2D eigenvalue weighted by Crippen LogP contribution is 2.26. The number of rotatable bonds is 7. The van der Waals surface area contributed by atoms with Gasteiger partial charge in [0.1, 0.15) is 17.2 Å². The molecule has 3 aromatic heterocycles. The second-order valence-electron chi connectivity index (χ2n) is 9.71. The number of nitrogen functional groups attached to an aromatic ring is 1. The molecular weight excluding hydrogens is 535 g/mol. The minimum Gasteiger partial charge on any atom is -0.381 e. The number of nitrogens with one attached hydrogen (secondary N) is 2. The maximum Gasteiger partial charge on any atom is 0.264 e. The molecule has 0 radical (unpaired) electrons. The molecule has 0 aliphatic carbocycles. The van der Waals surface area contributed by atoms with Gasteiger partial charge >= 0.3 is 0 Å². The second-order valence-corrected chi connectivity index (χ2v) is 9.71. The predicted octanol–water partition coefficient (Wildman–Crippen LogP) is 3.67. The summed E-state index contributed by atoms with van der Waals surface area (Å²) in [5.74, 6) is 5.61. The third-order valence-electron chi connectivity index (χ3n) is 6.69. The van der Waals surface area contributed by atoms with Crippen molar-refractivity contribution in [2.24, 2.45) is 14.1 Å². The van der Waals surface area contributed by atoms with Gasteiger partial charge in [0.05, 0.1) is 28.9 Å². The average Bonchev–Trinajstić information content (AvgIpc) is 3.50. The van der Waals surface area contributed by atoms with Gasteiger partial charge in [0.2, 0.25) is 0 Å². The average molecular weight is 565 g/mol. The van der Waals surface area contributed by atoms with Crippen molar-refractivity contribution in [3.8, 4) is 17.5 Å². The molecule has 1 atom stereocenters. The molecule has 10 nitrogen and oxygen atoms in total. The number of aryl methyl sites for hydroxylation is 2. The number of pyridine rings is 1. The van der Waals surface area contributed by atoms with E-state index in [2.05, 4.69) is 39.3 Å². The van der Waals surface area contributed by atoms with Crippen molar-refractivity contribution in [2.45, 2.75) is 13.0 Å². The van der Waals surface area contributed by atoms with E-state index in [0.717, 1.165) is 0 Å². The molecule has 4 N–H and O–H groups in total. The molecule has 0 aliphatic rings. The molecule has 0 fully saturated rings. The van der Waals surface area contributed by atoms with Crippen LogP contribution in [0.3, 0.4) is 0 Å². The number of benzene rings is 2. The first-order valence-corrected chi connectivity index (χ1v) is 13.1. The van der Waals surface area contributed by atoms with Crippen molar-refractivity contribution in [3.63, 3.8) is 0 Å². The fraction of sp³-hybridized carbons (Fsp3) is 0.161. The number of hydrogen-bond acceptors (Lipinski definition) is 6. The van der Waals surface area contributed by atoms with Crippen molar-refractivity contribution < 1.29 is 9.18 Å². The van der Waals surface area contributed by atoms with Crippen molar-refractivity contribution in [2.75, 3.05) is 17.6 Å². The number of nitrogens with two attached hydrogens (primary N) is 1. The summed E-state index contributed by atoms with van der Waals surface area (Å²) < 4.78 is 18.9. The lowest BCUT2D eigenvalue weighted by atomic mass is 10.0. The molecule has 11 heteroatoms. The van der Waals surface area contributed by atoms with Gasteiger partial charge in [-0.15, -0.1) is 6.58 Å². The smallest absolute Gasteiger partial charge is 0.264 e. The Morgan fingerprint density at radius 1 is 1.19 bits per heavy atom. The van der Waals surface area contributed by atoms with E-state index < -0.39 is 23.3 Å². The lowest BCUT2D eigenvalue weighted by Gasteiger charge is -2.21. The molecule has 5 rings (SSSR count). The zero-order valence-electron chi connectivity index (χ0n) is 23.4. The van der Waals surface area contributed by atoms with E-state index in [1.807, 2.05) is 6.07 Å². The zero-order valence-corrected chi connectivity index (χ0v) is 23.4. The number of anilines is 2. The maximum absolute atomic E-state index is 14.4. The number of aromatic nitrogens is 5. The van der Waals surface area contributed by atoms with Gasteiger partial charge in [-0.05, 0) is 42.6 Å². The first-order chi connectivity index (χ1) is 20.2. The van der Waals surface area contributed by atoms with Crippen molar-refractivity contribution >= 4 is 28.3 Å². The van der Waals surface area contributed by atoms with Gasteiger partial charge in [-0.25, -0.2) is 4.39 Å². The number of carbonyl (C=O) groups is 1. The van der Waals surface area contributed by atoms with Crippen molar-refractivity contribution in [1.29, 1.82) is 0 Å². The molecule has 0 saturated heterocycles. The van der Waals surface area contributed by atoms with E-state index in [0.29, 0.717) is 45.6 Å². The van der Waals surface area contributed by atoms with Crippen LogP contribution >= 0.6 is 0 Å². The number of amides is 1. The van der Waals surface area contributed by atoms with Gasteiger partial charge in [0.25, 0.3) is 11.5 Å². The number of hydrogen-bond donors (Lipinski definition) is 3. The molecule has 0 saturated carbocycles. The molecule has 0 spiro atoms. The minimum absolute atomic E-state index is 0.0478. The Morgan fingerprint density at radius 2 is 1.98 bits per heavy atom. The number of carbonyl (C=O) groups excluding carboxylic acids is 1. The van der Waals surface area contributed by atoms with Crippen molar-refractivity contribution in [1.82, 2.24) is 29.4 Å². The normalized spacial score (nSPS) is 11.5. The standard InChI is InChI=1S/C31H29FN8O2/c1-5-14-34-29-27(28(33)37-39(29)4)30(41)36-19(2)25-15-22-9-6-8-21(13-12-20-17-35-38(3)18-20)26(22)31(42)40(25)24-11-7-10-23(32)16-24/h5-11,15-19,34H,1,14H2,2-4H3,(H2,33,37)(H,36,41). The molecule has 5 aromatic rings. The van der Waals surface area contributed by atoms with Crippen LogP contribution in [0.2, 0.25) is 0 Å². The highest BCUT2D eigenvalue weighted by atomic mass is 19.1. The molecule has 2 aromatic carbocycles. The summed E-state index contributed by atoms with van der Waals surface area (Å²) >= 11 is 0. The van der Waals surface area contributed by atoms with Gasteiger partial charge in [0, 0.05) is 38.1 Å². The van der Waals surface area contributed by atoms with Gasteiger partial charge in [-0.3, -0.25) is 23.5 Å². The van der Waals surface area contributed by atoms with Gasteiger partial charge < -0.3 is 16.4 Å². The minimum atomic E-state index is -0.699. The topological polar surface area (TPSA) is 125 Å².